The molecule has 4 amide bonds. The molecular weight excluding hydrogens is 777 g/mol. The molecule has 12 rings (SSSR count). The number of fused-ring (bicyclic) bond motifs is 4. The molecule has 0 saturated carbocycles. The van der Waals surface area contributed by atoms with Gasteiger partial charge in [0.1, 0.15) is 0 Å². The molecule has 0 atom stereocenters. The minimum Gasteiger partial charge on any atom is -0.268 e. The van der Waals surface area contributed by atoms with E-state index in [0.29, 0.717) is 44.4 Å². The zero-order valence-electron chi connectivity index (χ0n) is 35.9. The van der Waals surface area contributed by atoms with E-state index in [4.69, 9.17) is 0 Å². The van der Waals surface area contributed by atoms with Crippen LogP contribution in [0.2, 0.25) is 0 Å². The van der Waals surface area contributed by atoms with E-state index < -0.39 is 0 Å². The highest BCUT2D eigenvalue weighted by molar-refractivity contribution is 6.47. The van der Waals surface area contributed by atoms with Gasteiger partial charge < -0.3 is 0 Å². The number of rotatable bonds is 6. The smallest absolute Gasteiger partial charge is 0.266 e. The summed E-state index contributed by atoms with van der Waals surface area (Å²) in [5.74, 6) is -1.01. The number of carbonyl (C=O) groups excluding carboxylic acids is 4. The van der Waals surface area contributed by atoms with Crippen LogP contribution in [-0.4, -0.2) is 23.6 Å². The molecule has 2 heterocycles. The van der Waals surface area contributed by atoms with Crippen LogP contribution < -0.4 is 9.80 Å². The first-order valence-corrected chi connectivity index (χ1v) is 21.9. The number of imide groups is 2. The normalized spacial score (nSPS) is 14.4. The third-order valence-electron chi connectivity index (χ3n) is 14.1. The van der Waals surface area contributed by atoms with E-state index in [1.54, 1.807) is 6.08 Å². The fourth-order valence-corrected chi connectivity index (χ4v) is 11.3. The van der Waals surface area contributed by atoms with Crippen molar-refractivity contribution < 1.29 is 19.2 Å². The molecule has 6 nitrogen and oxygen atoms in total. The lowest BCUT2D eigenvalue weighted by molar-refractivity contribution is 0.0877. The van der Waals surface area contributed by atoms with Crippen molar-refractivity contribution in [3.63, 3.8) is 0 Å². The fraction of sp³-hybridized carbons (Fsp3) is 0.158. The van der Waals surface area contributed by atoms with Gasteiger partial charge in [0.2, 0.25) is 0 Å². The van der Waals surface area contributed by atoms with Crippen molar-refractivity contribution in [3.05, 3.63) is 160 Å². The van der Waals surface area contributed by atoms with E-state index in [-0.39, 0.29) is 41.4 Å². The third-order valence-corrected chi connectivity index (χ3v) is 14.1. The number of benzene rings is 10. The summed E-state index contributed by atoms with van der Waals surface area (Å²) in [6, 6.07) is 36.3. The van der Waals surface area contributed by atoms with Crippen LogP contribution in [0.4, 0.5) is 11.4 Å². The van der Waals surface area contributed by atoms with Gasteiger partial charge in [-0.2, -0.15) is 0 Å². The van der Waals surface area contributed by atoms with Crippen LogP contribution in [0.5, 0.6) is 0 Å². The molecule has 0 spiro atoms. The van der Waals surface area contributed by atoms with Crippen molar-refractivity contribution in [2.45, 2.75) is 59.3 Å². The first-order valence-electron chi connectivity index (χ1n) is 21.9. The van der Waals surface area contributed by atoms with Gasteiger partial charge in [0, 0.05) is 33.0 Å². The van der Waals surface area contributed by atoms with Gasteiger partial charge in [-0.05, 0) is 129 Å². The molecule has 0 bridgehead atoms. The molecule has 0 aliphatic carbocycles. The quantitative estimate of drug-likeness (QED) is 0.0951. The van der Waals surface area contributed by atoms with Gasteiger partial charge in [0.05, 0.1) is 11.4 Å². The highest BCUT2D eigenvalue weighted by Crippen LogP contribution is 2.51. The summed E-state index contributed by atoms with van der Waals surface area (Å²) in [6.45, 7) is 16.5. The summed E-state index contributed by atoms with van der Waals surface area (Å²) >= 11 is 0. The van der Waals surface area contributed by atoms with Gasteiger partial charge in [0.25, 0.3) is 23.6 Å². The predicted octanol–water partition coefficient (Wildman–Crippen LogP) is 14.2. The maximum Gasteiger partial charge on any atom is 0.266 e. The molecular formula is C57H42N2O4. The topological polar surface area (TPSA) is 74.8 Å². The maximum absolute atomic E-state index is 14.8. The second-order valence-electron chi connectivity index (χ2n) is 18.3. The highest BCUT2D eigenvalue weighted by Gasteiger charge is 2.40. The van der Waals surface area contributed by atoms with Gasteiger partial charge in [-0.25, -0.2) is 9.80 Å². The van der Waals surface area contributed by atoms with Crippen molar-refractivity contribution in [2.24, 2.45) is 0 Å². The average Bonchev–Trinajstić information content (AvgIpc) is 3.28. The molecule has 10 aromatic rings. The van der Waals surface area contributed by atoms with E-state index in [0.717, 1.165) is 86.9 Å². The van der Waals surface area contributed by atoms with Crippen molar-refractivity contribution in [1.82, 2.24) is 0 Å². The molecule has 63 heavy (non-hydrogen) atoms. The second kappa shape index (κ2) is 12.8. The zero-order chi connectivity index (χ0) is 43.5. The Labute approximate surface area is 363 Å². The number of hydrogen-bond acceptors (Lipinski definition) is 4. The molecule has 0 fully saturated rings. The minimum absolute atomic E-state index is 0.0712. The van der Waals surface area contributed by atoms with Gasteiger partial charge in [-0.15, -0.1) is 0 Å². The summed E-state index contributed by atoms with van der Waals surface area (Å²) in [4.78, 5) is 61.8. The van der Waals surface area contributed by atoms with Crippen LogP contribution in [0, 0.1) is 0 Å². The number of hydrogen-bond donors (Lipinski definition) is 0. The Bertz CT molecular complexity index is 3580. The lowest BCUT2D eigenvalue weighted by Crippen LogP contribution is -2.41. The predicted molar refractivity (Wildman–Crippen MR) is 259 cm³/mol. The van der Waals surface area contributed by atoms with Crippen LogP contribution >= 0.6 is 0 Å². The van der Waals surface area contributed by atoms with Gasteiger partial charge in [0.15, 0.2) is 0 Å². The summed E-state index contributed by atoms with van der Waals surface area (Å²) in [5, 5.41) is 13.4. The molecule has 0 unspecified atom stereocenters. The Morgan fingerprint density at radius 2 is 0.635 bits per heavy atom. The van der Waals surface area contributed by atoms with Crippen LogP contribution in [0.15, 0.2) is 116 Å². The minimum atomic E-state index is -0.343. The zero-order valence-corrected chi connectivity index (χ0v) is 35.9. The number of carbonyl (C=O) groups is 4. The Morgan fingerprint density at radius 3 is 0.952 bits per heavy atom. The molecule has 2 aliphatic rings. The SMILES string of the molecule is C=Cc1cccc(C(C)C)c1N1C(=O)c2ccc3c4ccc5c6ccc7c8c(ccc(c9ccc(c%10ccc(c2c3%10)C1=O)c4c59)c86)C(=O)N(c1c(C(C)C)cccc1C(C)C)C7=O. The van der Waals surface area contributed by atoms with E-state index in [1.807, 2.05) is 72.8 Å². The van der Waals surface area contributed by atoms with Crippen molar-refractivity contribution >= 4 is 116 Å². The highest BCUT2D eigenvalue weighted by atomic mass is 16.2. The number of amides is 4. The standard InChI is InChI=1S/C57H42N2O4/c1-8-30-11-9-12-31(27(2)3)52(30)58-54(60)42-23-19-38-34-15-17-36-40-21-25-44-51-45(57(63)59(56(44)62)53-32(28(4)5)13-10-14-33(53)29(6)7)26-22-41(49(40)51)37-18-16-35(46(34)47(36)37)39-20-24-43(55(58)61)50(42)48(38)39/h8-29H,1H2,2-7H3. The summed E-state index contributed by atoms with van der Waals surface area (Å²) < 4.78 is 0. The summed E-state index contributed by atoms with van der Waals surface area (Å²) in [5.41, 5.74) is 6.93. The van der Waals surface area contributed by atoms with Crippen LogP contribution in [0.3, 0.4) is 0 Å². The van der Waals surface area contributed by atoms with Crippen molar-refractivity contribution in [2.75, 3.05) is 9.80 Å². The maximum atomic E-state index is 14.8. The first-order chi connectivity index (χ1) is 30.4. The molecule has 0 saturated heterocycles. The monoisotopic (exact) mass is 818 g/mol. The van der Waals surface area contributed by atoms with E-state index in [2.05, 4.69) is 84.5 Å². The lowest BCUT2D eigenvalue weighted by Gasteiger charge is -2.33. The number of nitrogens with zero attached hydrogens (tertiary/aromatic N) is 2. The van der Waals surface area contributed by atoms with Crippen LogP contribution in [0.25, 0.3) is 81.5 Å². The first kappa shape index (κ1) is 37.3. The fourth-order valence-electron chi connectivity index (χ4n) is 11.3. The van der Waals surface area contributed by atoms with Crippen LogP contribution in [0.1, 0.15) is 123 Å². The van der Waals surface area contributed by atoms with E-state index >= 15 is 0 Å². The molecule has 0 aromatic heterocycles. The second-order valence-corrected chi connectivity index (χ2v) is 18.3. The van der Waals surface area contributed by atoms with Crippen molar-refractivity contribution in [1.29, 1.82) is 0 Å². The summed E-state index contributed by atoms with van der Waals surface area (Å²) in [6.07, 6.45) is 1.71. The van der Waals surface area contributed by atoms with Gasteiger partial charge >= 0.3 is 0 Å². The molecule has 0 radical (unpaired) electrons. The van der Waals surface area contributed by atoms with Gasteiger partial charge in [-0.3, -0.25) is 19.2 Å². The molecule has 10 aromatic carbocycles. The number of para-hydroxylation sites is 2. The molecule has 0 N–H and O–H groups in total. The van der Waals surface area contributed by atoms with Gasteiger partial charge in [-0.1, -0.05) is 139 Å². The lowest BCUT2D eigenvalue weighted by atomic mass is 9.80. The van der Waals surface area contributed by atoms with E-state index in [1.165, 1.54) is 9.80 Å². The number of anilines is 2. The third kappa shape index (κ3) is 4.62. The Hall–Kier alpha value is -7.44. The Balaban J connectivity index is 1.09. The molecule has 304 valence electrons. The Morgan fingerprint density at radius 1 is 0.365 bits per heavy atom. The Kier molecular flexibility index (Phi) is 7.59. The van der Waals surface area contributed by atoms with Crippen LogP contribution in [-0.2, 0) is 0 Å². The summed E-state index contributed by atoms with van der Waals surface area (Å²) in [7, 11) is 0. The molecule has 6 heteroatoms. The average molecular weight is 819 g/mol. The van der Waals surface area contributed by atoms with Crippen molar-refractivity contribution in [3.8, 4) is 0 Å². The largest absolute Gasteiger partial charge is 0.268 e. The molecule has 2 aliphatic heterocycles. The van der Waals surface area contributed by atoms with E-state index in [9.17, 15) is 19.2 Å².